The quantitative estimate of drug-likeness (QED) is 0.586. The van der Waals surface area contributed by atoms with Crippen LogP contribution in [0.5, 0.6) is 0 Å². The van der Waals surface area contributed by atoms with Gasteiger partial charge in [-0.3, -0.25) is 5.10 Å². The first-order chi connectivity index (χ1) is 8.22. The van der Waals surface area contributed by atoms with Crippen LogP contribution in [0.2, 0.25) is 0 Å². The van der Waals surface area contributed by atoms with E-state index >= 15 is 0 Å². The number of hydrogen-bond donors (Lipinski definition) is 4. The molecule has 17 heavy (non-hydrogen) atoms. The van der Waals surface area contributed by atoms with Gasteiger partial charge in [0.25, 0.3) is 0 Å². The van der Waals surface area contributed by atoms with Crippen molar-refractivity contribution in [3.8, 4) is 11.4 Å². The SMILES string of the molecule is NCC1Cc2[nH]cnc2-c2n[nH]c(C(=O)O)c21. The third-order valence-electron chi connectivity index (χ3n) is 3.10. The molecule has 0 amide bonds. The highest BCUT2D eigenvalue weighted by Gasteiger charge is 2.32. The number of aromatic carboxylic acids is 1. The molecule has 0 saturated carbocycles. The lowest BCUT2D eigenvalue weighted by Gasteiger charge is -2.20. The molecule has 7 nitrogen and oxygen atoms in total. The first-order valence-corrected chi connectivity index (χ1v) is 5.26. The van der Waals surface area contributed by atoms with Crippen LogP contribution in [0.4, 0.5) is 0 Å². The number of fused-ring (bicyclic) bond motifs is 3. The summed E-state index contributed by atoms with van der Waals surface area (Å²) in [5, 5.41) is 15.7. The molecule has 0 saturated heterocycles. The van der Waals surface area contributed by atoms with E-state index in [-0.39, 0.29) is 11.6 Å². The molecule has 0 aromatic carbocycles. The zero-order valence-electron chi connectivity index (χ0n) is 8.90. The molecule has 2 heterocycles. The van der Waals surface area contributed by atoms with Crippen molar-refractivity contribution >= 4 is 5.97 Å². The van der Waals surface area contributed by atoms with Gasteiger partial charge in [0.15, 0.2) is 0 Å². The average molecular weight is 233 g/mol. The largest absolute Gasteiger partial charge is 0.477 e. The van der Waals surface area contributed by atoms with Gasteiger partial charge in [0, 0.05) is 17.2 Å². The zero-order chi connectivity index (χ0) is 12.0. The van der Waals surface area contributed by atoms with Crippen molar-refractivity contribution in [3.05, 3.63) is 23.3 Å². The molecule has 2 aromatic heterocycles. The Hall–Kier alpha value is -2.15. The second-order valence-corrected chi connectivity index (χ2v) is 4.03. The van der Waals surface area contributed by atoms with Gasteiger partial charge in [-0.25, -0.2) is 9.78 Å². The lowest BCUT2D eigenvalue weighted by molar-refractivity contribution is 0.0688. The first kappa shape index (κ1) is 10.0. The van der Waals surface area contributed by atoms with Crippen molar-refractivity contribution in [1.29, 1.82) is 0 Å². The molecule has 7 heteroatoms. The van der Waals surface area contributed by atoms with Gasteiger partial charge in [-0.2, -0.15) is 5.10 Å². The first-order valence-electron chi connectivity index (χ1n) is 5.26. The summed E-state index contributed by atoms with van der Waals surface area (Å²) in [6.45, 7) is 0.380. The number of carboxylic acid groups (broad SMARTS) is 1. The van der Waals surface area contributed by atoms with E-state index in [1.807, 2.05) is 0 Å². The van der Waals surface area contributed by atoms with Gasteiger partial charge in [-0.05, 0) is 13.0 Å². The van der Waals surface area contributed by atoms with Gasteiger partial charge in [0.05, 0.1) is 6.33 Å². The fraction of sp³-hybridized carbons (Fsp3) is 0.300. The highest BCUT2D eigenvalue weighted by atomic mass is 16.4. The molecular weight excluding hydrogens is 222 g/mol. The van der Waals surface area contributed by atoms with Crippen LogP contribution in [0.3, 0.4) is 0 Å². The van der Waals surface area contributed by atoms with Crippen molar-refractivity contribution in [3.63, 3.8) is 0 Å². The Morgan fingerprint density at radius 1 is 1.59 bits per heavy atom. The predicted octanol–water partition coefficient (Wildman–Crippen LogP) is 0.0964. The van der Waals surface area contributed by atoms with Gasteiger partial charge in [0.2, 0.25) is 0 Å². The van der Waals surface area contributed by atoms with E-state index < -0.39 is 5.97 Å². The highest BCUT2D eigenvalue weighted by Crippen LogP contribution is 2.37. The van der Waals surface area contributed by atoms with Crippen molar-refractivity contribution in [2.45, 2.75) is 12.3 Å². The van der Waals surface area contributed by atoms with Crippen molar-refractivity contribution in [1.82, 2.24) is 20.2 Å². The normalized spacial score (nSPS) is 17.6. The Bertz CT molecular complexity index is 585. The van der Waals surface area contributed by atoms with Crippen molar-refractivity contribution < 1.29 is 9.90 Å². The Labute approximate surface area is 96.1 Å². The fourth-order valence-corrected chi connectivity index (χ4v) is 2.32. The summed E-state index contributed by atoms with van der Waals surface area (Å²) in [6, 6.07) is 0. The van der Waals surface area contributed by atoms with Crippen LogP contribution in [0.15, 0.2) is 6.33 Å². The number of carbonyl (C=O) groups is 1. The Balaban J connectivity index is 2.24. The number of nitrogens with two attached hydrogens (primary N) is 1. The van der Waals surface area contributed by atoms with Crippen LogP contribution in [0, 0.1) is 0 Å². The fourth-order valence-electron chi connectivity index (χ4n) is 2.32. The standard InChI is InChI=1S/C10H11N5O2/c11-2-4-1-5-7(13-3-12-5)8-6(4)9(10(16)17)15-14-8/h3-4H,1-2,11H2,(H,12,13)(H,14,15)(H,16,17). The monoisotopic (exact) mass is 233 g/mol. The lowest BCUT2D eigenvalue weighted by atomic mass is 9.86. The lowest BCUT2D eigenvalue weighted by Crippen LogP contribution is -2.21. The maximum absolute atomic E-state index is 11.1. The minimum Gasteiger partial charge on any atom is -0.477 e. The number of hydrogen-bond acceptors (Lipinski definition) is 4. The topological polar surface area (TPSA) is 121 Å². The minimum atomic E-state index is -1.02. The van der Waals surface area contributed by atoms with Crippen LogP contribution in [-0.4, -0.2) is 37.8 Å². The van der Waals surface area contributed by atoms with E-state index in [1.54, 1.807) is 6.33 Å². The molecule has 1 aliphatic rings. The van der Waals surface area contributed by atoms with Crippen LogP contribution < -0.4 is 5.73 Å². The molecule has 3 rings (SSSR count). The summed E-state index contributed by atoms with van der Waals surface area (Å²) in [7, 11) is 0. The van der Waals surface area contributed by atoms with Gasteiger partial charge in [-0.15, -0.1) is 0 Å². The second kappa shape index (κ2) is 3.42. The molecule has 5 N–H and O–H groups in total. The number of H-pyrrole nitrogens is 2. The van der Waals surface area contributed by atoms with Crippen LogP contribution in [0.25, 0.3) is 11.4 Å². The number of nitrogens with one attached hydrogen (secondary N) is 2. The molecule has 0 radical (unpaired) electrons. The third-order valence-corrected chi connectivity index (χ3v) is 3.10. The molecule has 1 aliphatic carbocycles. The van der Waals surface area contributed by atoms with Gasteiger partial charge >= 0.3 is 5.97 Å². The zero-order valence-corrected chi connectivity index (χ0v) is 8.90. The summed E-state index contributed by atoms with van der Waals surface area (Å²) in [6.07, 6.45) is 2.25. The van der Waals surface area contributed by atoms with Crippen LogP contribution in [0.1, 0.15) is 27.7 Å². The summed E-state index contributed by atoms with van der Waals surface area (Å²) in [5.41, 5.74) is 8.75. The molecule has 0 fully saturated rings. The van der Waals surface area contributed by atoms with Gasteiger partial charge in [-0.1, -0.05) is 0 Å². The van der Waals surface area contributed by atoms with E-state index in [0.29, 0.717) is 29.9 Å². The highest BCUT2D eigenvalue weighted by molar-refractivity contribution is 5.90. The van der Waals surface area contributed by atoms with E-state index in [9.17, 15) is 4.79 Å². The molecule has 0 spiro atoms. The third kappa shape index (κ3) is 1.29. The van der Waals surface area contributed by atoms with E-state index in [1.165, 1.54) is 0 Å². The molecule has 2 aromatic rings. The molecule has 0 bridgehead atoms. The minimum absolute atomic E-state index is 0.0391. The van der Waals surface area contributed by atoms with Crippen molar-refractivity contribution in [2.75, 3.05) is 6.54 Å². The van der Waals surface area contributed by atoms with E-state index in [0.717, 1.165) is 5.69 Å². The number of carboxylic acids is 1. The maximum atomic E-state index is 11.1. The van der Waals surface area contributed by atoms with Gasteiger partial charge < -0.3 is 15.8 Å². The van der Waals surface area contributed by atoms with E-state index in [2.05, 4.69) is 20.2 Å². The summed E-state index contributed by atoms with van der Waals surface area (Å²) >= 11 is 0. The van der Waals surface area contributed by atoms with Crippen LogP contribution in [-0.2, 0) is 6.42 Å². The number of imidazole rings is 1. The molecule has 1 atom stereocenters. The van der Waals surface area contributed by atoms with E-state index in [4.69, 9.17) is 10.8 Å². The summed E-state index contributed by atoms with van der Waals surface area (Å²) in [4.78, 5) is 18.3. The summed E-state index contributed by atoms with van der Waals surface area (Å²) in [5.74, 6) is -1.06. The Morgan fingerprint density at radius 2 is 2.41 bits per heavy atom. The molecule has 0 aliphatic heterocycles. The van der Waals surface area contributed by atoms with Crippen LogP contribution >= 0.6 is 0 Å². The molecular formula is C10H11N5O2. The number of aromatic amines is 2. The summed E-state index contributed by atoms with van der Waals surface area (Å²) < 4.78 is 0. The molecule has 88 valence electrons. The predicted molar refractivity (Wildman–Crippen MR) is 58.6 cm³/mol. The molecule has 1 unspecified atom stereocenters. The maximum Gasteiger partial charge on any atom is 0.354 e. The van der Waals surface area contributed by atoms with Crippen molar-refractivity contribution in [2.24, 2.45) is 5.73 Å². The number of nitrogens with zero attached hydrogens (tertiary/aromatic N) is 2. The number of aromatic nitrogens is 4. The Kier molecular flexibility index (Phi) is 2.02. The van der Waals surface area contributed by atoms with Gasteiger partial charge in [0.1, 0.15) is 17.1 Å². The Morgan fingerprint density at radius 3 is 3.12 bits per heavy atom. The number of rotatable bonds is 2. The second-order valence-electron chi connectivity index (χ2n) is 4.03. The average Bonchev–Trinajstić information content (AvgIpc) is 2.93. The smallest absolute Gasteiger partial charge is 0.354 e.